The van der Waals surface area contributed by atoms with Crippen molar-refractivity contribution in [2.45, 2.75) is 64.9 Å². The fourth-order valence-electron chi connectivity index (χ4n) is 5.09. The van der Waals surface area contributed by atoms with Crippen molar-refractivity contribution in [3.8, 4) is 28.0 Å². The molecule has 1 saturated heterocycles. The molecular formula is C34H38F4O3. The van der Waals surface area contributed by atoms with E-state index in [9.17, 15) is 8.78 Å². The molecule has 220 valence electrons. The van der Waals surface area contributed by atoms with Crippen molar-refractivity contribution in [1.82, 2.24) is 0 Å². The number of benzene rings is 3. The van der Waals surface area contributed by atoms with E-state index in [1.165, 1.54) is 18.2 Å². The van der Waals surface area contributed by atoms with Gasteiger partial charge in [-0.05, 0) is 49.4 Å². The maximum atomic E-state index is 15.2. The third kappa shape index (κ3) is 7.70. The van der Waals surface area contributed by atoms with E-state index in [1.54, 1.807) is 36.6 Å². The molecule has 0 saturated carbocycles. The summed E-state index contributed by atoms with van der Waals surface area (Å²) in [6.07, 6.45) is 9.40. The van der Waals surface area contributed by atoms with Crippen LogP contribution in [0.15, 0.2) is 60.9 Å². The van der Waals surface area contributed by atoms with Crippen LogP contribution in [0.5, 0.6) is 5.75 Å². The van der Waals surface area contributed by atoms with Crippen LogP contribution in [0.1, 0.15) is 70.5 Å². The van der Waals surface area contributed by atoms with Gasteiger partial charge in [-0.2, -0.15) is 4.39 Å². The van der Waals surface area contributed by atoms with Crippen LogP contribution in [0.3, 0.4) is 0 Å². The molecule has 0 spiro atoms. The van der Waals surface area contributed by atoms with E-state index in [2.05, 4.69) is 6.92 Å². The summed E-state index contributed by atoms with van der Waals surface area (Å²) in [5.41, 5.74) is 1.18. The average molecular weight is 571 g/mol. The number of rotatable bonds is 13. The first-order valence-corrected chi connectivity index (χ1v) is 14.5. The van der Waals surface area contributed by atoms with Gasteiger partial charge in [-0.15, -0.1) is 0 Å². The van der Waals surface area contributed by atoms with Crippen LogP contribution in [-0.4, -0.2) is 19.8 Å². The van der Waals surface area contributed by atoms with Gasteiger partial charge >= 0.3 is 0 Å². The summed E-state index contributed by atoms with van der Waals surface area (Å²) >= 11 is 0. The first-order valence-electron chi connectivity index (χ1n) is 14.5. The minimum absolute atomic E-state index is 0.0650. The van der Waals surface area contributed by atoms with Crippen LogP contribution in [0.4, 0.5) is 17.6 Å². The molecule has 0 bridgehead atoms. The molecule has 2 unspecified atom stereocenters. The van der Waals surface area contributed by atoms with E-state index >= 15 is 8.78 Å². The predicted octanol–water partition coefficient (Wildman–Crippen LogP) is 9.94. The number of ether oxygens (including phenoxy) is 3. The molecule has 7 heteroatoms. The van der Waals surface area contributed by atoms with Gasteiger partial charge in [-0.25, -0.2) is 13.2 Å². The molecule has 1 heterocycles. The molecule has 41 heavy (non-hydrogen) atoms. The summed E-state index contributed by atoms with van der Waals surface area (Å²) < 4.78 is 76.6. The van der Waals surface area contributed by atoms with Crippen LogP contribution in [-0.2, 0) is 9.47 Å². The molecule has 1 aliphatic heterocycles. The number of unbranched alkanes of at least 4 members (excludes halogenated alkanes) is 4. The molecule has 0 aromatic heterocycles. The monoisotopic (exact) mass is 570 g/mol. The van der Waals surface area contributed by atoms with Crippen molar-refractivity contribution < 1.29 is 31.8 Å². The van der Waals surface area contributed by atoms with Gasteiger partial charge in [0.2, 0.25) is 5.82 Å². The van der Waals surface area contributed by atoms with Gasteiger partial charge in [0.25, 0.3) is 0 Å². The van der Waals surface area contributed by atoms with Gasteiger partial charge in [0.1, 0.15) is 0 Å². The summed E-state index contributed by atoms with van der Waals surface area (Å²) in [5.74, 6) is -3.86. The number of halogens is 4. The zero-order chi connectivity index (χ0) is 29.2. The van der Waals surface area contributed by atoms with E-state index in [-0.39, 0.29) is 28.4 Å². The van der Waals surface area contributed by atoms with Crippen molar-refractivity contribution in [3.63, 3.8) is 0 Å². The molecule has 0 N–H and O–H groups in total. The molecule has 3 aromatic rings. The molecule has 0 radical (unpaired) electrons. The normalized spacial score (nSPS) is 17.2. The lowest BCUT2D eigenvalue weighted by atomic mass is 9.93. The van der Waals surface area contributed by atoms with Crippen molar-refractivity contribution in [2.24, 2.45) is 5.92 Å². The van der Waals surface area contributed by atoms with Gasteiger partial charge < -0.3 is 14.2 Å². The molecule has 0 aliphatic carbocycles. The Labute approximate surface area is 240 Å². The summed E-state index contributed by atoms with van der Waals surface area (Å²) in [5, 5.41) is 0. The van der Waals surface area contributed by atoms with Crippen molar-refractivity contribution >= 4 is 0 Å². The zero-order valence-corrected chi connectivity index (χ0v) is 23.7. The molecule has 2 atom stereocenters. The summed E-state index contributed by atoms with van der Waals surface area (Å²) in [7, 11) is 0. The second kappa shape index (κ2) is 15.1. The highest BCUT2D eigenvalue weighted by atomic mass is 19.2. The summed E-state index contributed by atoms with van der Waals surface area (Å²) in [6.45, 7) is 5.27. The molecule has 4 rings (SSSR count). The summed E-state index contributed by atoms with van der Waals surface area (Å²) in [4.78, 5) is 0. The van der Waals surface area contributed by atoms with E-state index < -0.39 is 29.4 Å². The number of hydrogen-bond acceptors (Lipinski definition) is 3. The van der Waals surface area contributed by atoms with Gasteiger partial charge in [-0.1, -0.05) is 75.1 Å². The average Bonchev–Trinajstić information content (AvgIpc) is 2.99. The quantitative estimate of drug-likeness (QED) is 0.116. The minimum atomic E-state index is -1.04. The van der Waals surface area contributed by atoms with Crippen LogP contribution in [0.25, 0.3) is 22.3 Å². The Bertz CT molecular complexity index is 1300. The van der Waals surface area contributed by atoms with Crippen molar-refractivity contribution in [3.05, 3.63) is 89.7 Å². The third-order valence-corrected chi connectivity index (χ3v) is 7.45. The fourth-order valence-corrected chi connectivity index (χ4v) is 5.09. The topological polar surface area (TPSA) is 27.7 Å². The third-order valence-electron chi connectivity index (χ3n) is 7.45. The van der Waals surface area contributed by atoms with E-state index in [0.717, 1.165) is 38.5 Å². The highest BCUT2D eigenvalue weighted by molar-refractivity contribution is 5.71. The van der Waals surface area contributed by atoms with Gasteiger partial charge in [-0.3, -0.25) is 0 Å². The first-order chi connectivity index (χ1) is 19.9. The van der Waals surface area contributed by atoms with Crippen LogP contribution >= 0.6 is 0 Å². The Kier molecular flexibility index (Phi) is 11.3. The Morgan fingerprint density at radius 1 is 0.780 bits per heavy atom. The van der Waals surface area contributed by atoms with Crippen molar-refractivity contribution in [2.75, 3.05) is 19.8 Å². The lowest BCUT2D eigenvalue weighted by molar-refractivity contribution is -0.0348. The predicted molar refractivity (Wildman–Crippen MR) is 154 cm³/mol. The Morgan fingerprint density at radius 2 is 1.44 bits per heavy atom. The zero-order valence-electron chi connectivity index (χ0n) is 23.7. The van der Waals surface area contributed by atoms with Gasteiger partial charge in [0, 0.05) is 22.6 Å². The Balaban J connectivity index is 1.41. The van der Waals surface area contributed by atoms with Crippen LogP contribution < -0.4 is 4.74 Å². The Hall–Kier alpha value is -3.32. The first kappa shape index (κ1) is 30.6. The second-order valence-corrected chi connectivity index (χ2v) is 10.5. The standard InChI is InChI=1S/C34H38F4O3/c1-3-5-6-7-8-20-40-30-18-16-27(32(36)34(30)38)25-12-10-24(11-13-25)26-14-15-28(33(37)31(26)35)29-17-9-23(22-41-29)21-39-19-4-2/h4,10-16,18-19,23,29H,3,5-9,17,20-22H2,1-2H3. The lowest BCUT2D eigenvalue weighted by Gasteiger charge is -2.29. The SMILES string of the molecule is CC=COCC1CCC(c2ccc(-c3ccc(-c4ccc(OCCCCCCC)c(F)c4F)cc3)c(F)c2F)OC1. The van der Waals surface area contributed by atoms with Crippen molar-refractivity contribution in [1.29, 1.82) is 0 Å². The maximum Gasteiger partial charge on any atom is 0.201 e. The minimum Gasteiger partial charge on any atom is -0.501 e. The molecule has 1 aliphatic rings. The molecular weight excluding hydrogens is 532 g/mol. The molecule has 0 amide bonds. The Morgan fingerprint density at radius 3 is 2.07 bits per heavy atom. The summed E-state index contributed by atoms with van der Waals surface area (Å²) in [6, 6.07) is 12.2. The van der Waals surface area contributed by atoms with E-state index in [0.29, 0.717) is 37.4 Å². The highest BCUT2D eigenvalue weighted by Crippen LogP contribution is 2.37. The number of allylic oxidation sites excluding steroid dienone is 1. The van der Waals surface area contributed by atoms with Crippen LogP contribution in [0, 0.1) is 29.2 Å². The molecule has 3 aromatic carbocycles. The van der Waals surface area contributed by atoms with E-state index in [1.807, 2.05) is 13.0 Å². The largest absolute Gasteiger partial charge is 0.501 e. The van der Waals surface area contributed by atoms with Crippen LogP contribution in [0.2, 0.25) is 0 Å². The van der Waals surface area contributed by atoms with Gasteiger partial charge in [0.15, 0.2) is 23.2 Å². The van der Waals surface area contributed by atoms with Gasteiger partial charge in [0.05, 0.1) is 32.2 Å². The second-order valence-electron chi connectivity index (χ2n) is 10.5. The molecule has 1 fully saturated rings. The molecule has 3 nitrogen and oxygen atoms in total. The smallest absolute Gasteiger partial charge is 0.201 e. The van der Waals surface area contributed by atoms with E-state index in [4.69, 9.17) is 14.2 Å². The maximum absolute atomic E-state index is 15.2. The lowest BCUT2D eigenvalue weighted by Crippen LogP contribution is -2.24. The number of hydrogen-bond donors (Lipinski definition) is 0. The fraction of sp³-hybridized carbons (Fsp3) is 0.412. The highest BCUT2D eigenvalue weighted by Gasteiger charge is 2.27.